The van der Waals surface area contributed by atoms with Gasteiger partial charge in [0, 0.05) is 24.8 Å². The summed E-state index contributed by atoms with van der Waals surface area (Å²) in [5, 5.41) is 9.29. The summed E-state index contributed by atoms with van der Waals surface area (Å²) in [7, 11) is 1.65. The summed E-state index contributed by atoms with van der Waals surface area (Å²) in [5.41, 5.74) is 7.01. The van der Waals surface area contributed by atoms with Crippen molar-refractivity contribution in [2.24, 2.45) is 0 Å². The molecule has 1 aromatic rings. The number of pyridine rings is 1. The number of aliphatic hydroxyl groups excluding tert-OH is 1. The highest BCUT2D eigenvalue weighted by Gasteiger charge is 2.15. The van der Waals surface area contributed by atoms with Gasteiger partial charge >= 0.3 is 0 Å². The van der Waals surface area contributed by atoms with E-state index in [9.17, 15) is 9.90 Å². The minimum Gasteiger partial charge on any atom is -0.392 e. The van der Waals surface area contributed by atoms with Crippen molar-refractivity contribution in [1.82, 2.24) is 9.88 Å². The van der Waals surface area contributed by atoms with Crippen molar-refractivity contribution in [3.63, 3.8) is 0 Å². The fourth-order valence-corrected chi connectivity index (χ4v) is 1.69. The predicted molar refractivity (Wildman–Crippen MR) is 71.4 cm³/mol. The summed E-state index contributed by atoms with van der Waals surface area (Å²) in [6, 6.07) is 3.31. The molecular weight excluding hydrogens is 230 g/mol. The Morgan fingerprint density at radius 1 is 1.44 bits per heavy atom. The van der Waals surface area contributed by atoms with Crippen molar-refractivity contribution in [2.75, 3.05) is 19.3 Å². The molecule has 0 aromatic carbocycles. The second kappa shape index (κ2) is 5.82. The van der Waals surface area contributed by atoms with Crippen LogP contribution in [0, 0.1) is 0 Å². The smallest absolute Gasteiger partial charge is 0.253 e. The molecule has 0 bridgehead atoms. The molecule has 0 fully saturated rings. The number of aliphatic hydroxyl groups is 1. The van der Waals surface area contributed by atoms with Crippen molar-refractivity contribution in [3.05, 3.63) is 23.4 Å². The van der Waals surface area contributed by atoms with Crippen LogP contribution in [0.3, 0.4) is 0 Å². The second-order valence-corrected chi connectivity index (χ2v) is 4.89. The lowest BCUT2D eigenvalue weighted by Crippen LogP contribution is -2.33. The molecule has 1 amide bonds. The standard InChI is InChI=1S/C13H21N3O2/c1-8(2)11-5-10(6-12(14)15-11)13(18)16(4)7-9(3)17/h5-6,8-9,17H,7H2,1-4H3,(H2,14,15). The molecule has 1 rings (SSSR count). The highest BCUT2D eigenvalue weighted by molar-refractivity contribution is 5.94. The van der Waals surface area contributed by atoms with Gasteiger partial charge in [-0.2, -0.15) is 0 Å². The number of nitrogen functional groups attached to an aromatic ring is 1. The van der Waals surface area contributed by atoms with Gasteiger partial charge in [-0.15, -0.1) is 0 Å². The van der Waals surface area contributed by atoms with Gasteiger partial charge in [0.2, 0.25) is 0 Å². The van der Waals surface area contributed by atoms with Crippen LogP contribution in [0.1, 0.15) is 42.7 Å². The van der Waals surface area contributed by atoms with Crippen LogP contribution in [-0.4, -0.2) is 40.6 Å². The molecule has 5 heteroatoms. The zero-order valence-electron chi connectivity index (χ0n) is 11.3. The number of carbonyl (C=O) groups excluding carboxylic acids is 1. The first-order valence-corrected chi connectivity index (χ1v) is 6.02. The molecule has 0 saturated carbocycles. The molecule has 0 aliphatic heterocycles. The van der Waals surface area contributed by atoms with Gasteiger partial charge in [-0.25, -0.2) is 4.98 Å². The van der Waals surface area contributed by atoms with Crippen molar-refractivity contribution in [2.45, 2.75) is 32.8 Å². The lowest BCUT2D eigenvalue weighted by atomic mass is 10.1. The number of nitrogens with zero attached hydrogens (tertiary/aromatic N) is 2. The average Bonchev–Trinajstić information content (AvgIpc) is 2.26. The number of nitrogens with two attached hydrogens (primary N) is 1. The van der Waals surface area contributed by atoms with Gasteiger partial charge in [-0.05, 0) is 25.0 Å². The molecule has 1 aromatic heterocycles. The summed E-state index contributed by atoms with van der Waals surface area (Å²) in [6.07, 6.45) is -0.553. The molecule has 100 valence electrons. The number of hydrogen-bond donors (Lipinski definition) is 2. The van der Waals surface area contributed by atoms with Gasteiger partial charge in [0.1, 0.15) is 5.82 Å². The Balaban J connectivity index is 2.98. The normalized spacial score (nSPS) is 12.6. The molecule has 1 unspecified atom stereocenters. The minimum atomic E-state index is -0.553. The summed E-state index contributed by atoms with van der Waals surface area (Å²) >= 11 is 0. The zero-order chi connectivity index (χ0) is 13.9. The Labute approximate surface area is 108 Å². The van der Waals surface area contributed by atoms with Gasteiger partial charge in [-0.3, -0.25) is 4.79 Å². The van der Waals surface area contributed by atoms with E-state index in [0.29, 0.717) is 11.4 Å². The third kappa shape index (κ3) is 3.70. The second-order valence-electron chi connectivity index (χ2n) is 4.89. The van der Waals surface area contributed by atoms with Crippen LogP contribution in [0.4, 0.5) is 5.82 Å². The van der Waals surface area contributed by atoms with Crippen LogP contribution < -0.4 is 5.73 Å². The van der Waals surface area contributed by atoms with Crippen LogP contribution in [0.5, 0.6) is 0 Å². The maximum atomic E-state index is 12.1. The molecule has 1 atom stereocenters. The summed E-state index contributed by atoms with van der Waals surface area (Å²) in [4.78, 5) is 17.8. The SMILES string of the molecule is CC(O)CN(C)C(=O)c1cc(N)nc(C(C)C)c1. The molecule has 3 N–H and O–H groups in total. The fraction of sp³-hybridized carbons (Fsp3) is 0.538. The zero-order valence-corrected chi connectivity index (χ0v) is 11.3. The van der Waals surface area contributed by atoms with Crippen LogP contribution in [-0.2, 0) is 0 Å². The molecule has 18 heavy (non-hydrogen) atoms. The number of hydrogen-bond acceptors (Lipinski definition) is 4. The maximum absolute atomic E-state index is 12.1. The average molecular weight is 251 g/mol. The first-order chi connectivity index (χ1) is 8.31. The predicted octanol–water partition coefficient (Wildman–Crippen LogP) is 1.24. The van der Waals surface area contributed by atoms with Gasteiger partial charge in [0.15, 0.2) is 0 Å². The van der Waals surface area contributed by atoms with Gasteiger partial charge < -0.3 is 15.7 Å². The Bertz CT molecular complexity index is 430. The summed E-state index contributed by atoms with van der Waals surface area (Å²) in [5.74, 6) is 0.393. The molecule has 1 heterocycles. The highest BCUT2D eigenvalue weighted by Crippen LogP contribution is 2.17. The maximum Gasteiger partial charge on any atom is 0.253 e. The van der Waals surface area contributed by atoms with Crippen LogP contribution >= 0.6 is 0 Å². The molecular formula is C13H21N3O2. The largest absolute Gasteiger partial charge is 0.392 e. The van der Waals surface area contributed by atoms with E-state index in [1.165, 1.54) is 4.90 Å². The quantitative estimate of drug-likeness (QED) is 0.843. The monoisotopic (exact) mass is 251 g/mol. The molecule has 0 aliphatic carbocycles. The Hall–Kier alpha value is -1.62. The number of likely N-dealkylation sites (N-methyl/N-ethyl adjacent to an activating group) is 1. The Morgan fingerprint density at radius 2 is 2.06 bits per heavy atom. The van der Waals surface area contributed by atoms with Crippen molar-refractivity contribution >= 4 is 11.7 Å². The van der Waals surface area contributed by atoms with Gasteiger partial charge in [0.05, 0.1) is 6.10 Å². The third-order valence-electron chi connectivity index (χ3n) is 2.59. The minimum absolute atomic E-state index is 0.160. The highest BCUT2D eigenvalue weighted by atomic mass is 16.3. The fourth-order valence-electron chi connectivity index (χ4n) is 1.69. The third-order valence-corrected chi connectivity index (χ3v) is 2.59. The number of carbonyl (C=O) groups is 1. The van der Waals surface area contributed by atoms with E-state index in [2.05, 4.69) is 4.98 Å². The number of amides is 1. The Kier molecular flexibility index (Phi) is 4.67. The number of anilines is 1. The molecule has 0 aliphatic rings. The molecule has 0 spiro atoms. The van der Waals surface area contributed by atoms with E-state index in [4.69, 9.17) is 5.73 Å². The van der Waals surface area contributed by atoms with Crippen molar-refractivity contribution < 1.29 is 9.90 Å². The summed E-state index contributed by atoms with van der Waals surface area (Å²) in [6.45, 7) is 5.92. The lowest BCUT2D eigenvalue weighted by molar-refractivity contribution is 0.0703. The first kappa shape index (κ1) is 14.4. The van der Waals surface area contributed by atoms with Crippen molar-refractivity contribution in [3.8, 4) is 0 Å². The van der Waals surface area contributed by atoms with Crippen LogP contribution in [0.15, 0.2) is 12.1 Å². The van der Waals surface area contributed by atoms with E-state index in [1.807, 2.05) is 13.8 Å². The lowest BCUT2D eigenvalue weighted by Gasteiger charge is -2.19. The van der Waals surface area contributed by atoms with Crippen LogP contribution in [0.2, 0.25) is 0 Å². The van der Waals surface area contributed by atoms with E-state index in [-0.39, 0.29) is 18.4 Å². The van der Waals surface area contributed by atoms with E-state index >= 15 is 0 Å². The van der Waals surface area contributed by atoms with Crippen LogP contribution in [0.25, 0.3) is 0 Å². The Morgan fingerprint density at radius 3 is 2.56 bits per heavy atom. The van der Waals surface area contributed by atoms with Gasteiger partial charge in [0.25, 0.3) is 5.91 Å². The topological polar surface area (TPSA) is 79.5 Å². The van der Waals surface area contributed by atoms with E-state index < -0.39 is 6.10 Å². The summed E-state index contributed by atoms with van der Waals surface area (Å²) < 4.78 is 0. The number of aromatic nitrogens is 1. The number of rotatable bonds is 4. The molecule has 0 radical (unpaired) electrons. The first-order valence-electron chi connectivity index (χ1n) is 6.02. The van der Waals surface area contributed by atoms with E-state index in [1.54, 1.807) is 26.1 Å². The van der Waals surface area contributed by atoms with Gasteiger partial charge in [-0.1, -0.05) is 13.8 Å². The van der Waals surface area contributed by atoms with Crippen molar-refractivity contribution in [1.29, 1.82) is 0 Å². The van der Waals surface area contributed by atoms with E-state index in [0.717, 1.165) is 5.69 Å². The molecule has 5 nitrogen and oxygen atoms in total. The molecule has 0 saturated heterocycles.